The van der Waals surface area contributed by atoms with E-state index in [1.165, 1.54) is 17.4 Å². The molecule has 0 radical (unpaired) electrons. The zero-order valence-electron chi connectivity index (χ0n) is 7.53. The zero-order chi connectivity index (χ0) is 10.7. The van der Waals surface area contributed by atoms with Crippen LogP contribution in [0.2, 0.25) is 0 Å². The van der Waals surface area contributed by atoms with Gasteiger partial charge in [0.2, 0.25) is 5.91 Å². The van der Waals surface area contributed by atoms with Crippen LogP contribution in [0.3, 0.4) is 0 Å². The van der Waals surface area contributed by atoms with Crippen molar-refractivity contribution >= 4 is 28.2 Å². The van der Waals surface area contributed by atoms with Crippen LogP contribution in [0.25, 0.3) is 0 Å². The van der Waals surface area contributed by atoms with Crippen LogP contribution in [0.5, 0.6) is 0 Å². The summed E-state index contributed by atoms with van der Waals surface area (Å²) in [5.41, 5.74) is 0.114. The van der Waals surface area contributed by atoms with Gasteiger partial charge in [0.05, 0.1) is 5.56 Å². The van der Waals surface area contributed by atoms with E-state index in [1.807, 2.05) is 0 Å². The minimum atomic E-state index is -1.05. The number of carbonyl (C=O) groups excluding carboxylic acids is 1. The van der Waals surface area contributed by atoms with Crippen LogP contribution < -0.4 is 5.32 Å². The quantitative estimate of drug-likeness (QED) is 0.750. The molecule has 0 atom stereocenters. The second-order valence-corrected chi connectivity index (χ2v) is 3.85. The molecule has 0 aromatic carbocycles. The third-order valence-electron chi connectivity index (χ3n) is 1.51. The highest BCUT2D eigenvalue weighted by molar-refractivity contribution is 7.16. The molecule has 0 unspecified atom stereocenters. The summed E-state index contributed by atoms with van der Waals surface area (Å²) in [6.45, 7) is 5.06. The van der Waals surface area contributed by atoms with Crippen molar-refractivity contribution in [2.24, 2.45) is 0 Å². The number of hydrogen-bond acceptors (Lipinski definition) is 3. The van der Waals surface area contributed by atoms with Crippen LogP contribution >= 0.6 is 11.3 Å². The normalized spacial score (nSPS) is 9.50. The van der Waals surface area contributed by atoms with Crippen LogP contribution in [-0.2, 0) is 4.79 Å². The molecular weight excluding hydrogens is 202 g/mol. The van der Waals surface area contributed by atoms with Crippen molar-refractivity contribution in [3.05, 3.63) is 29.2 Å². The van der Waals surface area contributed by atoms with Crippen molar-refractivity contribution in [3.8, 4) is 0 Å². The fourth-order valence-corrected chi connectivity index (χ4v) is 1.84. The third-order valence-corrected chi connectivity index (χ3v) is 2.47. The molecule has 1 heterocycles. The van der Waals surface area contributed by atoms with Crippen LogP contribution in [0, 0.1) is 6.92 Å². The van der Waals surface area contributed by atoms with Crippen molar-refractivity contribution in [1.82, 2.24) is 0 Å². The van der Waals surface area contributed by atoms with E-state index in [0.29, 0.717) is 5.00 Å². The molecule has 4 nitrogen and oxygen atoms in total. The summed E-state index contributed by atoms with van der Waals surface area (Å²) >= 11 is 1.23. The van der Waals surface area contributed by atoms with Gasteiger partial charge in [-0.1, -0.05) is 6.58 Å². The van der Waals surface area contributed by atoms with Crippen LogP contribution in [0.15, 0.2) is 18.7 Å². The number of carbonyl (C=O) groups is 2. The van der Waals surface area contributed by atoms with Crippen molar-refractivity contribution < 1.29 is 14.7 Å². The summed E-state index contributed by atoms with van der Waals surface area (Å²) in [6, 6.07) is 1.52. The van der Waals surface area contributed by atoms with Crippen molar-refractivity contribution in [3.63, 3.8) is 0 Å². The molecule has 0 saturated heterocycles. The lowest BCUT2D eigenvalue weighted by Crippen LogP contribution is -2.09. The van der Waals surface area contributed by atoms with Gasteiger partial charge in [-0.25, -0.2) is 4.79 Å². The number of carboxylic acid groups (broad SMARTS) is 1. The molecule has 0 fully saturated rings. The van der Waals surface area contributed by atoms with Crippen molar-refractivity contribution in [2.75, 3.05) is 5.32 Å². The Morgan fingerprint density at radius 2 is 2.29 bits per heavy atom. The van der Waals surface area contributed by atoms with Gasteiger partial charge in [0.1, 0.15) is 5.00 Å². The maximum absolute atomic E-state index is 10.9. The third kappa shape index (κ3) is 2.20. The molecule has 0 aliphatic rings. The summed E-state index contributed by atoms with van der Waals surface area (Å²) in [5, 5.41) is 11.6. The molecule has 74 valence electrons. The molecule has 0 saturated carbocycles. The zero-order valence-corrected chi connectivity index (χ0v) is 8.35. The van der Waals surface area contributed by atoms with Gasteiger partial charge in [-0.2, -0.15) is 0 Å². The van der Waals surface area contributed by atoms with Gasteiger partial charge in [-0.3, -0.25) is 4.79 Å². The van der Waals surface area contributed by atoms with Gasteiger partial charge < -0.3 is 10.4 Å². The fraction of sp³-hybridized carbons (Fsp3) is 0.111. The Bertz CT molecular complexity index is 395. The number of aromatic carboxylic acids is 1. The Balaban J connectivity index is 3.01. The molecule has 14 heavy (non-hydrogen) atoms. The van der Waals surface area contributed by atoms with E-state index in [-0.39, 0.29) is 5.56 Å². The van der Waals surface area contributed by atoms with Crippen molar-refractivity contribution in [2.45, 2.75) is 6.92 Å². The van der Waals surface area contributed by atoms with Gasteiger partial charge >= 0.3 is 5.97 Å². The predicted octanol–water partition coefficient (Wildman–Crippen LogP) is 1.88. The molecule has 1 aromatic rings. The van der Waals surface area contributed by atoms with E-state index < -0.39 is 11.9 Å². The first-order valence-corrected chi connectivity index (χ1v) is 4.63. The van der Waals surface area contributed by atoms with E-state index in [0.717, 1.165) is 11.0 Å². The Morgan fingerprint density at radius 3 is 2.79 bits per heavy atom. The molecular formula is C9H9NO3S. The second-order valence-electron chi connectivity index (χ2n) is 2.60. The van der Waals surface area contributed by atoms with E-state index in [2.05, 4.69) is 11.9 Å². The first-order chi connectivity index (χ1) is 6.54. The average Bonchev–Trinajstić information content (AvgIpc) is 2.46. The minimum Gasteiger partial charge on any atom is -0.478 e. The molecule has 1 amide bonds. The first kappa shape index (κ1) is 10.5. The first-order valence-electron chi connectivity index (χ1n) is 3.81. The maximum Gasteiger partial charge on any atom is 0.338 e. The topological polar surface area (TPSA) is 66.4 Å². The molecule has 0 spiro atoms. The van der Waals surface area contributed by atoms with E-state index >= 15 is 0 Å². The van der Waals surface area contributed by atoms with E-state index in [9.17, 15) is 9.59 Å². The standard InChI is InChI=1S/C9H9NO3S/c1-3-7(11)10-8-6(9(12)13)4-5(2)14-8/h3-4H,1H2,2H3,(H,10,11)(H,12,13). The number of amides is 1. The van der Waals surface area contributed by atoms with Gasteiger partial charge in [0.25, 0.3) is 0 Å². The maximum atomic E-state index is 10.9. The summed E-state index contributed by atoms with van der Waals surface area (Å²) in [7, 11) is 0. The van der Waals surface area contributed by atoms with E-state index in [1.54, 1.807) is 6.92 Å². The molecule has 0 bridgehead atoms. The molecule has 2 N–H and O–H groups in total. The highest BCUT2D eigenvalue weighted by Crippen LogP contribution is 2.27. The summed E-state index contributed by atoms with van der Waals surface area (Å²) in [4.78, 5) is 22.5. The molecule has 1 aromatic heterocycles. The number of thiophene rings is 1. The molecule has 0 aliphatic carbocycles. The lowest BCUT2D eigenvalue weighted by Gasteiger charge is -1.98. The highest BCUT2D eigenvalue weighted by Gasteiger charge is 2.14. The van der Waals surface area contributed by atoms with Gasteiger partial charge in [0, 0.05) is 4.88 Å². The number of nitrogens with one attached hydrogen (secondary N) is 1. The van der Waals surface area contributed by atoms with Gasteiger partial charge in [-0.05, 0) is 19.1 Å². The van der Waals surface area contributed by atoms with Gasteiger partial charge in [-0.15, -0.1) is 11.3 Å². The Morgan fingerprint density at radius 1 is 1.64 bits per heavy atom. The molecule has 0 aliphatic heterocycles. The average molecular weight is 211 g/mol. The highest BCUT2D eigenvalue weighted by atomic mass is 32.1. The largest absolute Gasteiger partial charge is 0.478 e. The Kier molecular flexibility index (Phi) is 3.03. The van der Waals surface area contributed by atoms with Crippen molar-refractivity contribution in [1.29, 1.82) is 0 Å². The van der Waals surface area contributed by atoms with Gasteiger partial charge in [0.15, 0.2) is 0 Å². The van der Waals surface area contributed by atoms with Crippen LogP contribution in [0.1, 0.15) is 15.2 Å². The van der Waals surface area contributed by atoms with E-state index in [4.69, 9.17) is 5.11 Å². The number of aryl methyl sites for hydroxylation is 1. The number of anilines is 1. The Hall–Kier alpha value is -1.62. The predicted molar refractivity (Wildman–Crippen MR) is 54.8 cm³/mol. The molecule has 1 rings (SSSR count). The second kappa shape index (κ2) is 4.06. The summed E-state index contributed by atoms with van der Waals surface area (Å²) in [5.74, 6) is -1.46. The lowest BCUT2D eigenvalue weighted by molar-refractivity contribution is -0.111. The lowest BCUT2D eigenvalue weighted by atomic mass is 10.3. The van der Waals surface area contributed by atoms with Crippen LogP contribution in [-0.4, -0.2) is 17.0 Å². The summed E-state index contributed by atoms with van der Waals surface area (Å²) < 4.78 is 0. The fourth-order valence-electron chi connectivity index (χ4n) is 0.929. The smallest absolute Gasteiger partial charge is 0.338 e. The number of hydrogen-bond donors (Lipinski definition) is 2. The van der Waals surface area contributed by atoms with Crippen LogP contribution in [0.4, 0.5) is 5.00 Å². The summed E-state index contributed by atoms with van der Waals surface area (Å²) in [6.07, 6.45) is 1.10. The monoisotopic (exact) mass is 211 g/mol. The SMILES string of the molecule is C=CC(=O)Nc1sc(C)cc1C(=O)O. The number of carboxylic acids is 1. The Labute approximate surface area is 84.9 Å². The molecule has 5 heteroatoms. The number of rotatable bonds is 3. The minimum absolute atomic E-state index is 0.114.